The van der Waals surface area contributed by atoms with Gasteiger partial charge >= 0.3 is 5.97 Å². The van der Waals surface area contributed by atoms with Gasteiger partial charge in [0.2, 0.25) is 0 Å². The van der Waals surface area contributed by atoms with Crippen LogP contribution in [-0.4, -0.2) is 36.1 Å². The summed E-state index contributed by atoms with van der Waals surface area (Å²) in [5.41, 5.74) is 2.64. The van der Waals surface area contributed by atoms with Crippen molar-refractivity contribution in [1.82, 2.24) is 4.90 Å². The average molecular weight is 249 g/mol. The molecule has 0 radical (unpaired) electrons. The Labute approximate surface area is 109 Å². The molecule has 1 atom stereocenters. The summed E-state index contributed by atoms with van der Waals surface area (Å²) in [6, 6.07) is 8.66. The maximum Gasteiger partial charge on any atom is 0.317 e. The van der Waals surface area contributed by atoms with Crippen molar-refractivity contribution in [3.8, 4) is 0 Å². The van der Waals surface area contributed by atoms with Gasteiger partial charge in [-0.05, 0) is 36.9 Å². The van der Waals surface area contributed by atoms with Crippen LogP contribution >= 0.6 is 0 Å². The first-order chi connectivity index (χ1) is 8.52. The molecule has 0 heterocycles. The van der Waals surface area contributed by atoms with Gasteiger partial charge in [-0.3, -0.25) is 9.69 Å². The van der Waals surface area contributed by atoms with Crippen molar-refractivity contribution in [2.24, 2.45) is 0 Å². The van der Waals surface area contributed by atoms with Gasteiger partial charge in [0, 0.05) is 6.54 Å². The molecule has 0 spiro atoms. The number of carbonyl (C=O) groups is 1. The molecule has 18 heavy (non-hydrogen) atoms. The minimum Gasteiger partial charge on any atom is -0.480 e. The molecule has 0 saturated carbocycles. The van der Waals surface area contributed by atoms with Gasteiger partial charge in [0.05, 0.1) is 6.54 Å². The summed E-state index contributed by atoms with van der Waals surface area (Å²) in [4.78, 5) is 12.4. The maximum absolute atomic E-state index is 10.5. The Morgan fingerprint density at radius 3 is 2.44 bits per heavy atom. The van der Waals surface area contributed by atoms with Crippen molar-refractivity contribution in [2.45, 2.75) is 32.6 Å². The highest BCUT2D eigenvalue weighted by atomic mass is 16.4. The molecule has 0 aliphatic heterocycles. The number of hydrogen-bond acceptors (Lipinski definition) is 2. The van der Waals surface area contributed by atoms with Crippen LogP contribution in [0.1, 0.15) is 37.3 Å². The summed E-state index contributed by atoms with van der Waals surface area (Å²) in [6.07, 6.45) is 2.05. The number of hydrogen-bond donors (Lipinski definition) is 1. The van der Waals surface area contributed by atoms with E-state index in [1.54, 1.807) is 0 Å². The van der Waals surface area contributed by atoms with E-state index < -0.39 is 5.97 Å². The lowest BCUT2D eigenvalue weighted by Crippen LogP contribution is -2.27. The van der Waals surface area contributed by atoms with Crippen LogP contribution in [0.15, 0.2) is 24.3 Å². The van der Waals surface area contributed by atoms with Crippen LogP contribution in [0.2, 0.25) is 0 Å². The van der Waals surface area contributed by atoms with E-state index in [2.05, 4.69) is 38.1 Å². The SMILES string of the molecule is CCC(C)c1ccc(CCN(C)CC(=O)O)cc1. The fourth-order valence-corrected chi connectivity index (χ4v) is 1.88. The van der Waals surface area contributed by atoms with E-state index in [4.69, 9.17) is 5.11 Å². The van der Waals surface area contributed by atoms with Crippen molar-refractivity contribution in [1.29, 1.82) is 0 Å². The minimum absolute atomic E-state index is 0.102. The summed E-state index contributed by atoms with van der Waals surface area (Å²) >= 11 is 0. The maximum atomic E-state index is 10.5. The van der Waals surface area contributed by atoms with Gasteiger partial charge in [0.1, 0.15) is 0 Å². The first kappa shape index (κ1) is 14.7. The highest BCUT2D eigenvalue weighted by Crippen LogP contribution is 2.18. The molecule has 3 nitrogen and oxygen atoms in total. The van der Waals surface area contributed by atoms with Crippen molar-refractivity contribution in [3.05, 3.63) is 35.4 Å². The lowest BCUT2D eigenvalue weighted by molar-refractivity contribution is -0.137. The molecule has 0 bridgehead atoms. The summed E-state index contributed by atoms with van der Waals surface area (Å²) in [5.74, 6) is -0.168. The molecule has 0 aliphatic carbocycles. The van der Waals surface area contributed by atoms with Gasteiger partial charge in [0.25, 0.3) is 0 Å². The monoisotopic (exact) mass is 249 g/mol. The fraction of sp³-hybridized carbons (Fsp3) is 0.533. The fourth-order valence-electron chi connectivity index (χ4n) is 1.88. The Balaban J connectivity index is 2.46. The van der Waals surface area contributed by atoms with E-state index in [9.17, 15) is 4.79 Å². The zero-order valence-electron chi connectivity index (χ0n) is 11.5. The molecular weight excluding hydrogens is 226 g/mol. The van der Waals surface area contributed by atoms with Crippen LogP contribution < -0.4 is 0 Å². The van der Waals surface area contributed by atoms with Crippen molar-refractivity contribution in [2.75, 3.05) is 20.1 Å². The van der Waals surface area contributed by atoms with E-state index in [1.165, 1.54) is 11.1 Å². The average Bonchev–Trinajstić information content (AvgIpc) is 2.35. The van der Waals surface area contributed by atoms with Gasteiger partial charge in [-0.1, -0.05) is 38.1 Å². The Bertz CT molecular complexity index is 373. The molecule has 100 valence electrons. The number of benzene rings is 1. The summed E-state index contributed by atoms with van der Waals surface area (Å²) in [5, 5.41) is 8.66. The Kier molecular flexibility index (Phi) is 5.86. The number of carboxylic acid groups (broad SMARTS) is 1. The standard InChI is InChI=1S/C15H23NO2/c1-4-12(2)14-7-5-13(6-8-14)9-10-16(3)11-15(17)18/h5-8,12H,4,9-11H2,1-3H3,(H,17,18). The van der Waals surface area contributed by atoms with Crippen LogP contribution in [-0.2, 0) is 11.2 Å². The predicted octanol–water partition coefficient (Wildman–Crippen LogP) is 2.76. The van der Waals surface area contributed by atoms with Crippen LogP contribution in [0.5, 0.6) is 0 Å². The van der Waals surface area contributed by atoms with Crippen molar-refractivity contribution in [3.63, 3.8) is 0 Å². The second-order valence-corrected chi connectivity index (χ2v) is 4.93. The molecule has 0 aromatic heterocycles. The largest absolute Gasteiger partial charge is 0.480 e. The van der Waals surface area contributed by atoms with Crippen LogP contribution in [0.3, 0.4) is 0 Å². The molecule has 0 fully saturated rings. The zero-order chi connectivity index (χ0) is 13.5. The van der Waals surface area contributed by atoms with Crippen molar-refractivity contribution < 1.29 is 9.90 Å². The molecule has 0 amide bonds. The molecule has 1 aromatic rings. The van der Waals surface area contributed by atoms with Crippen LogP contribution in [0, 0.1) is 0 Å². The smallest absolute Gasteiger partial charge is 0.317 e. The third-order valence-corrected chi connectivity index (χ3v) is 3.35. The number of likely N-dealkylation sites (N-methyl/N-ethyl adjacent to an activating group) is 1. The third-order valence-electron chi connectivity index (χ3n) is 3.35. The molecule has 1 aromatic carbocycles. The number of carboxylic acids is 1. The molecule has 0 aliphatic rings. The van der Waals surface area contributed by atoms with Gasteiger partial charge in [-0.25, -0.2) is 0 Å². The molecule has 1 unspecified atom stereocenters. The second-order valence-electron chi connectivity index (χ2n) is 4.93. The molecule has 0 saturated heterocycles. The van der Waals surface area contributed by atoms with Gasteiger partial charge in [-0.2, -0.15) is 0 Å². The summed E-state index contributed by atoms with van der Waals surface area (Å²) in [7, 11) is 1.83. The van der Waals surface area contributed by atoms with Gasteiger partial charge in [0.15, 0.2) is 0 Å². The van der Waals surface area contributed by atoms with E-state index in [0.29, 0.717) is 5.92 Å². The van der Waals surface area contributed by atoms with E-state index in [1.807, 2.05) is 11.9 Å². The van der Waals surface area contributed by atoms with E-state index in [0.717, 1.165) is 19.4 Å². The van der Waals surface area contributed by atoms with Gasteiger partial charge < -0.3 is 5.11 Å². The quantitative estimate of drug-likeness (QED) is 0.807. The number of aliphatic carboxylic acids is 1. The van der Waals surface area contributed by atoms with E-state index in [-0.39, 0.29) is 6.54 Å². The molecular formula is C15H23NO2. The Morgan fingerprint density at radius 2 is 1.94 bits per heavy atom. The second kappa shape index (κ2) is 7.17. The normalized spacial score (nSPS) is 12.7. The van der Waals surface area contributed by atoms with E-state index >= 15 is 0 Å². The molecule has 1 N–H and O–H groups in total. The number of nitrogens with zero attached hydrogens (tertiary/aromatic N) is 1. The first-order valence-corrected chi connectivity index (χ1v) is 6.52. The van der Waals surface area contributed by atoms with Gasteiger partial charge in [-0.15, -0.1) is 0 Å². The third kappa shape index (κ3) is 4.88. The Hall–Kier alpha value is -1.35. The lowest BCUT2D eigenvalue weighted by Gasteiger charge is -2.14. The Morgan fingerprint density at radius 1 is 1.33 bits per heavy atom. The van der Waals surface area contributed by atoms with Crippen LogP contribution in [0.25, 0.3) is 0 Å². The highest BCUT2D eigenvalue weighted by molar-refractivity contribution is 5.68. The number of rotatable bonds is 7. The summed E-state index contributed by atoms with van der Waals surface area (Å²) < 4.78 is 0. The topological polar surface area (TPSA) is 40.5 Å². The summed E-state index contributed by atoms with van der Waals surface area (Å²) in [6.45, 7) is 5.30. The first-order valence-electron chi connectivity index (χ1n) is 6.52. The minimum atomic E-state index is -0.774. The predicted molar refractivity (Wildman–Crippen MR) is 74.0 cm³/mol. The molecule has 3 heteroatoms. The zero-order valence-corrected chi connectivity index (χ0v) is 11.5. The molecule has 1 rings (SSSR count). The lowest BCUT2D eigenvalue weighted by atomic mass is 9.97. The highest BCUT2D eigenvalue weighted by Gasteiger charge is 2.05. The van der Waals surface area contributed by atoms with Crippen LogP contribution in [0.4, 0.5) is 0 Å². The van der Waals surface area contributed by atoms with Crippen molar-refractivity contribution >= 4 is 5.97 Å².